The van der Waals surface area contributed by atoms with Crippen LogP contribution in [0.2, 0.25) is 0 Å². The number of hydrogen-bond acceptors (Lipinski definition) is 3. The van der Waals surface area contributed by atoms with Crippen molar-refractivity contribution in [3.8, 4) is 5.75 Å². The first-order chi connectivity index (χ1) is 9.63. The Kier molecular flexibility index (Phi) is 3.30. The lowest BCUT2D eigenvalue weighted by Gasteiger charge is -2.25. The third-order valence-electron chi connectivity index (χ3n) is 4.19. The predicted octanol–water partition coefficient (Wildman–Crippen LogP) is 3.30. The van der Waals surface area contributed by atoms with Gasteiger partial charge in [0.05, 0.1) is 11.4 Å². The van der Waals surface area contributed by atoms with Gasteiger partial charge in [0.1, 0.15) is 5.75 Å². The van der Waals surface area contributed by atoms with Crippen molar-refractivity contribution < 1.29 is 15.0 Å². The van der Waals surface area contributed by atoms with Crippen LogP contribution in [0.3, 0.4) is 0 Å². The van der Waals surface area contributed by atoms with Crippen LogP contribution in [0.25, 0.3) is 10.9 Å². The van der Waals surface area contributed by atoms with E-state index in [1.54, 1.807) is 12.1 Å². The second kappa shape index (κ2) is 5.12. The summed E-state index contributed by atoms with van der Waals surface area (Å²) in [5.74, 6) is -0.271. The number of fused-ring (bicyclic) bond motifs is 1. The summed E-state index contributed by atoms with van der Waals surface area (Å²) in [4.78, 5) is 15.6. The Labute approximate surface area is 117 Å². The topological polar surface area (TPSA) is 70.4 Å². The molecule has 4 nitrogen and oxygen atoms in total. The third kappa shape index (κ3) is 2.46. The summed E-state index contributed by atoms with van der Waals surface area (Å²) in [7, 11) is 0. The molecule has 1 saturated carbocycles. The van der Waals surface area contributed by atoms with Gasteiger partial charge in [-0.2, -0.15) is 0 Å². The fourth-order valence-electron chi connectivity index (χ4n) is 2.99. The van der Waals surface area contributed by atoms with Crippen LogP contribution < -0.4 is 0 Å². The summed E-state index contributed by atoms with van der Waals surface area (Å²) >= 11 is 0. The fourth-order valence-corrected chi connectivity index (χ4v) is 2.99. The molecule has 0 bridgehead atoms. The molecule has 3 rings (SSSR count). The van der Waals surface area contributed by atoms with Crippen LogP contribution in [0.15, 0.2) is 30.3 Å². The quantitative estimate of drug-likeness (QED) is 0.879. The van der Waals surface area contributed by atoms with Gasteiger partial charge >= 0.3 is 5.97 Å². The Morgan fingerprint density at radius 1 is 1.10 bits per heavy atom. The Hall–Kier alpha value is -2.10. The molecule has 1 aliphatic carbocycles. The van der Waals surface area contributed by atoms with E-state index in [4.69, 9.17) is 5.11 Å². The highest BCUT2D eigenvalue weighted by atomic mass is 16.4. The molecule has 2 N–H and O–H groups in total. The van der Waals surface area contributed by atoms with E-state index in [9.17, 15) is 9.90 Å². The van der Waals surface area contributed by atoms with Gasteiger partial charge in [0.2, 0.25) is 0 Å². The molecule has 0 aliphatic heterocycles. The third-order valence-corrected chi connectivity index (χ3v) is 4.19. The highest BCUT2D eigenvalue weighted by Crippen LogP contribution is 2.35. The number of carbonyl (C=O) groups is 1. The van der Waals surface area contributed by atoms with E-state index in [2.05, 4.69) is 4.98 Å². The number of rotatable bonds is 2. The van der Waals surface area contributed by atoms with Gasteiger partial charge in [-0.3, -0.25) is 9.78 Å². The molecule has 0 unspecified atom stereocenters. The van der Waals surface area contributed by atoms with Gasteiger partial charge in [0.15, 0.2) is 0 Å². The molecule has 104 valence electrons. The smallest absolute Gasteiger partial charge is 0.306 e. The first-order valence-corrected chi connectivity index (χ1v) is 6.96. The average Bonchev–Trinajstić information content (AvgIpc) is 2.47. The molecule has 1 aromatic heterocycles. The normalized spacial score (nSPS) is 22.8. The lowest BCUT2D eigenvalue weighted by atomic mass is 9.80. The molecule has 0 radical (unpaired) electrons. The van der Waals surface area contributed by atoms with Crippen LogP contribution in [-0.2, 0) is 4.79 Å². The molecular formula is C16H17NO3. The van der Waals surface area contributed by atoms with Crippen molar-refractivity contribution >= 4 is 16.9 Å². The van der Waals surface area contributed by atoms with Crippen molar-refractivity contribution in [3.05, 3.63) is 36.0 Å². The molecule has 2 aromatic rings. The van der Waals surface area contributed by atoms with Gasteiger partial charge in [-0.25, -0.2) is 0 Å². The molecule has 1 heterocycles. The van der Waals surface area contributed by atoms with E-state index in [-0.39, 0.29) is 11.7 Å². The minimum Gasteiger partial charge on any atom is -0.508 e. The van der Waals surface area contributed by atoms with Gasteiger partial charge in [0, 0.05) is 17.0 Å². The van der Waals surface area contributed by atoms with Crippen molar-refractivity contribution in [2.45, 2.75) is 31.6 Å². The van der Waals surface area contributed by atoms with Crippen LogP contribution in [0, 0.1) is 5.92 Å². The Morgan fingerprint density at radius 3 is 2.55 bits per heavy atom. The van der Waals surface area contributed by atoms with Crippen LogP contribution in [0.1, 0.15) is 37.3 Å². The number of aromatic nitrogens is 1. The average molecular weight is 271 g/mol. The standard InChI is InChI=1S/C16H17NO3/c18-13-6-8-15-12(9-13)5-7-14(17-15)10-1-3-11(4-2-10)16(19)20/h5-11,18H,1-4H2,(H,19,20). The molecule has 20 heavy (non-hydrogen) atoms. The summed E-state index contributed by atoms with van der Waals surface area (Å²) in [6, 6.07) is 9.12. The SMILES string of the molecule is O=C(O)C1CCC(c2ccc3cc(O)ccc3n2)CC1. The van der Waals surface area contributed by atoms with E-state index < -0.39 is 5.97 Å². The van der Waals surface area contributed by atoms with Gasteiger partial charge in [-0.05, 0) is 49.9 Å². The number of benzene rings is 1. The number of carboxylic acids is 1. The number of nitrogens with zero attached hydrogens (tertiary/aromatic N) is 1. The number of aromatic hydroxyl groups is 1. The van der Waals surface area contributed by atoms with Crippen LogP contribution in [-0.4, -0.2) is 21.2 Å². The largest absolute Gasteiger partial charge is 0.508 e. The van der Waals surface area contributed by atoms with Gasteiger partial charge in [-0.1, -0.05) is 6.07 Å². The first kappa shape index (κ1) is 12.9. The zero-order valence-electron chi connectivity index (χ0n) is 11.1. The number of pyridine rings is 1. The first-order valence-electron chi connectivity index (χ1n) is 6.96. The number of hydrogen-bond donors (Lipinski definition) is 2. The maximum atomic E-state index is 11.0. The zero-order chi connectivity index (χ0) is 14.1. The van der Waals surface area contributed by atoms with Crippen molar-refractivity contribution in [2.24, 2.45) is 5.92 Å². The molecule has 0 amide bonds. The second-order valence-corrected chi connectivity index (χ2v) is 5.50. The van der Waals surface area contributed by atoms with Crippen molar-refractivity contribution in [3.63, 3.8) is 0 Å². The van der Waals surface area contributed by atoms with Crippen molar-refractivity contribution in [1.82, 2.24) is 4.98 Å². The highest BCUT2D eigenvalue weighted by Gasteiger charge is 2.27. The second-order valence-electron chi connectivity index (χ2n) is 5.50. The van der Waals surface area contributed by atoms with Gasteiger partial charge in [0.25, 0.3) is 0 Å². The summed E-state index contributed by atoms with van der Waals surface area (Å²) < 4.78 is 0. The monoisotopic (exact) mass is 271 g/mol. The van der Waals surface area contributed by atoms with Crippen molar-refractivity contribution in [2.75, 3.05) is 0 Å². The van der Waals surface area contributed by atoms with E-state index in [1.165, 1.54) is 0 Å². The molecule has 1 fully saturated rings. The number of phenols is 1. The fraction of sp³-hybridized carbons (Fsp3) is 0.375. The molecule has 1 aromatic carbocycles. The minimum atomic E-state index is -0.676. The number of phenolic OH excluding ortho intramolecular Hbond substituents is 1. The molecule has 1 aliphatic rings. The van der Waals surface area contributed by atoms with E-state index in [0.717, 1.165) is 42.3 Å². The minimum absolute atomic E-state index is 0.191. The Balaban J connectivity index is 1.81. The van der Waals surface area contributed by atoms with Crippen molar-refractivity contribution in [1.29, 1.82) is 0 Å². The van der Waals surface area contributed by atoms with Gasteiger partial charge in [-0.15, -0.1) is 0 Å². The lowest BCUT2D eigenvalue weighted by molar-refractivity contribution is -0.142. The number of aliphatic carboxylic acids is 1. The lowest BCUT2D eigenvalue weighted by Crippen LogP contribution is -2.20. The summed E-state index contributed by atoms with van der Waals surface area (Å²) in [5.41, 5.74) is 1.91. The van der Waals surface area contributed by atoms with E-state index in [1.807, 2.05) is 18.2 Å². The Bertz CT molecular complexity index is 645. The maximum Gasteiger partial charge on any atom is 0.306 e. The van der Waals surface area contributed by atoms with Crippen LogP contribution in [0.5, 0.6) is 5.75 Å². The molecular weight excluding hydrogens is 254 g/mol. The summed E-state index contributed by atoms with van der Waals surface area (Å²) in [6.07, 6.45) is 3.23. The van der Waals surface area contributed by atoms with E-state index >= 15 is 0 Å². The maximum absolute atomic E-state index is 11.0. The molecule has 4 heteroatoms. The van der Waals surface area contributed by atoms with E-state index in [0.29, 0.717) is 5.92 Å². The number of carboxylic acid groups (broad SMARTS) is 1. The molecule has 0 atom stereocenters. The zero-order valence-corrected chi connectivity index (χ0v) is 11.1. The molecule has 0 spiro atoms. The van der Waals surface area contributed by atoms with Gasteiger partial charge < -0.3 is 10.2 Å². The summed E-state index contributed by atoms with van der Waals surface area (Å²) in [5, 5.41) is 19.4. The predicted molar refractivity (Wildman–Crippen MR) is 75.7 cm³/mol. The van der Waals surface area contributed by atoms with Crippen LogP contribution in [0.4, 0.5) is 0 Å². The summed E-state index contributed by atoms with van der Waals surface area (Å²) in [6.45, 7) is 0. The Morgan fingerprint density at radius 2 is 1.85 bits per heavy atom. The van der Waals surface area contributed by atoms with Crippen LogP contribution >= 0.6 is 0 Å². The molecule has 0 saturated heterocycles. The highest BCUT2D eigenvalue weighted by molar-refractivity contribution is 5.80.